The molecule has 0 fully saturated rings. The molecule has 1 unspecified atom stereocenters. The van der Waals surface area contributed by atoms with Gasteiger partial charge < -0.3 is 10.4 Å². The van der Waals surface area contributed by atoms with Crippen LogP contribution in [0.25, 0.3) is 0 Å². The number of nitrogens with one attached hydrogen (secondary N) is 1. The molecule has 0 radical (unpaired) electrons. The molecule has 0 aliphatic carbocycles. The first kappa shape index (κ1) is 14.1. The summed E-state index contributed by atoms with van der Waals surface area (Å²) in [6, 6.07) is 7.24. The molecule has 1 heterocycles. The maximum atomic E-state index is 10.0. The van der Waals surface area contributed by atoms with Gasteiger partial charge >= 0.3 is 0 Å². The van der Waals surface area contributed by atoms with Crippen LogP contribution in [-0.4, -0.2) is 21.4 Å². The highest BCUT2D eigenvalue weighted by atomic mass is 35.5. The summed E-state index contributed by atoms with van der Waals surface area (Å²) in [6.45, 7) is 3.22. The SMILES string of the molecule is Cc1c(CNCC(O)c2ccc(Cl)cc2)cnn1C. The molecule has 2 rings (SSSR count). The van der Waals surface area contributed by atoms with Crippen molar-refractivity contribution in [1.29, 1.82) is 0 Å². The van der Waals surface area contributed by atoms with Crippen molar-refractivity contribution in [3.63, 3.8) is 0 Å². The molecule has 0 aliphatic heterocycles. The van der Waals surface area contributed by atoms with E-state index in [1.165, 1.54) is 0 Å². The largest absolute Gasteiger partial charge is 0.387 e. The second kappa shape index (κ2) is 6.19. The number of nitrogens with zero attached hydrogens (tertiary/aromatic N) is 2. The molecule has 2 N–H and O–H groups in total. The minimum atomic E-state index is -0.533. The highest BCUT2D eigenvalue weighted by molar-refractivity contribution is 6.30. The lowest BCUT2D eigenvalue weighted by Gasteiger charge is -2.12. The lowest BCUT2D eigenvalue weighted by atomic mass is 10.1. The highest BCUT2D eigenvalue weighted by Gasteiger charge is 2.08. The third-order valence-electron chi connectivity index (χ3n) is 3.24. The lowest BCUT2D eigenvalue weighted by Crippen LogP contribution is -2.21. The first-order chi connectivity index (χ1) is 9.08. The number of hydrogen-bond donors (Lipinski definition) is 2. The fourth-order valence-corrected chi connectivity index (χ4v) is 1.99. The molecule has 0 saturated carbocycles. The van der Waals surface area contributed by atoms with Crippen LogP contribution in [0.4, 0.5) is 0 Å². The van der Waals surface area contributed by atoms with Gasteiger partial charge in [0.15, 0.2) is 0 Å². The molecule has 0 bridgehead atoms. The molecule has 5 heteroatoms. The molecular formula is C14H18ClN3O. The Labute approximate surface area is 118 Å². The second-order valence-corrected chi connectivity index (χ2v) is 5.01. The average Bonchev–Trinajstić information content (AvgIpc) is 2.71. The predicted octanol–water partition coefficient (Wildman–Crippen LogP) is 2.21. The number of rotatable bonds is 5. The van der Waals surface area contributed by atoms with Gasteiger partial charge in [0.1, 0.15) is 0 Å². The zero-order valence-corrected chi connectivity index (χ0v) is 11.9. The molecule has 2 aromatic rings. The first-order valence-electron chi connectivity index (χ1n) is 6.19. The molecule has 19 heavy (non-hydrogen) atoms. The second-order valence-electron chi connectivity index (χ2n) is 4.58. The standard InChI is InChI=1S/C14H18ClN3O/c1-10-12(8-17-18(10)2)7-16-9-14(19)11-3-5-13(15)6-4-11/h3-6,8,14,16,19H,7,9H2,1-2H3. The Balaban J connectivity index is 1.85. The summed E-state index contributed by atoms with van der Waals surface area (Å²) in [5, 5.41) is 18.1. The van der Waals surface area contributed by atoms with Crippen LogP contribution in [0.3, 0.4) is 0 Å². The van der Waals surface area contributed by atoms with Crippen molar-refractivity contribution in [3.05, 3.63) is 52.3 Å². The smallest absolute Gasteiger partial charge is 0.0914 e. The average molecular weight is 280 g/mol. The number of halogens is 1. The maximum Gasteiger partial charge on any atom is 0.0914 e. The number of benzene rings is 1. The van der Waals surface area contributed by atoms with Crippen molar-refractivity contribution in [1.82, 2.24) is 15.1 Å². The van der Waals surface area contributed by atoms with Gasteiger partial charge in [-0.3, -0.25) is 4.68 Å². The van der Waals surface area contributed by atoms with Gasteiger partial charge in [-0.1, -0.05) is 23.7 Å². The Morgan fingerprint density at radius 1 is 1.37 bits per heavy atom. The van der Waals surface area contributed by atoms with Crippen LogP contribution in [-0.2, 0) is 13.6 Å². The topological polar surface area (TPSA) is 50.1 Å². The normalized spacial score (nSPS) is 12.6. The van der Waals surface area contributed by atoms with Crippen molar-refractivity contribution >= 4 is 11.6 Å². The summed E-state index contributed by atoms with van der Waals surface area (Å²) < 4.78 is 1.84. The Bertz CT molecular complexity index is 536. The third-order valence-corrected chi connectivity index (χ3v) is 3.50. The van der Waals surface area contributed by atoms with Gasteiger partial charge in [-0.25, -0.2) is 0 Å². The van der Waals surface area contributed by atoms with E-state index in [9.17, 15) is 5.11 Å². The zero-order chi connectivity index (χ0) is 13.8. The van der Waals surface area contributed by atoms with Gasteiger partial charge in [0.05, 0.1) is 12.3 Å². The fraction of sp³-hybridized carbons (Fsp3) is 0.357. The van der Waals surface area contributed by atoms with Crippen LogP contribution in [0.2, 0.25) is 5.02 Å². The fourth-order valence-electron chi connectivity index (χ4n) is 1.86. The zero-order valence-electron chi connectivity index (χ0n) is 11.1. The first-order valence-corrected chi connectivity index (χ1v) is 6.57. The van der Waals surface area contributed by atoms with Crippen LogP contribution in [0, 0.1) is 6.92 Å². The summed E-state index contributed by atoms with van der Waals surface area (Å²) in [6.07, 6.45) is 1.31. The van der Waals surface area contributed by atoms with Gasteiger partial charge in [0.2, 0.25) is 0 Å². The third kappa shape index (κ3) is 3.56. The summed E-state index contributed by atoms with van der Waals surface area (Å²) in [5.41, 5.74) is 3.14. The molecule has 1 aromatic carbocycles. The molecule has 0 spiro atoms. The molecule has 102 valence electrons. The van der Waals surface area contributed by atoms with E-state index in [2.05, 4.69) is 10.4 Å². The van der Waals surface area contributed by atoms with Gasteiger partial charge in [-0.05, 0) is 24.6 Å². The van der Waals surface area contributed by atoms with E-state index in [0.717, 1.165) is 16.8 Å². The van der Waals surface area contributed by atoms with E-state index in [1.807, 2.05) is 37.0 Å². The van der Waals surface area contributed by atoms with Gasteiger partial charge in [-0.15, -0.1) is 0 Å². The summed E-state index contributed by atoms with van der Waals surface area (Å²) in [4.78, 5) is 0. The molecule has 0 amide bonds. The molecule has 1 aromatic heterocycles. The minimum Gasteiger partial charge on any atom is -0.387 e. The van der Waals surface area contributed by atoms with Crippen molar-refractivity contribution in [2.24, 2.45) is 7.05 Å². The van der Waals surface area contributed by atoms with E-state index >= 15 is 0 Å². The van der Waals surface area contributed by atoms with Crippen molar-refractivity contribution < 1.29 is 5.11 Å². The maximum absolute atomic E-state index is 10.0. The van der Waals surface area contributed by atoms with Crippen LogP contribution in [0.15, 0.2) is 30.5 Å². The van der Waals surface area contributed by atoms with Crippen LogP contribution in [0.5, 0.6) is 0 Å². The molecule has 4 nitrogen and oxygen atoms in total. The Morgan fingerprint density at radius 2 is 2.05 bits per heavy atom. The van der Waals surface area contributed by atoms with Crippen molar-refractivity contribution in [3.8, 4) is 0 Å². The van der Waals surface area contributed by atoms with E-state index < -0.39 is 6.10 Å². The van der Waals surface area contributed by atoms with Crippen LogP contribution in [0.1, 0.15) is 22.9 Å². The van der Waals surface area contributed by atoms with E-state index in [1.54, 1.807) is 12.1 Å². The molecular weight excluding hydrogens is 262 g/mol. The monoisotopic (exact) mass is 279 g/mol. The number of aliphatic hydroxyl groups excluding tert-OH is 1. The van der Waals surface area contributed by atoms with Crippen molar-refractivity contribution in [2.45, 2.75) is 19.6 Å². The van der Waals surface area contributed by atoms with E-state index in [-0.39, 0.29) is 0 Å². The summed E-state index contributed by atoms with van der Waals surface area (Å²) >= 11 is 5.81. The molecule has 0 aliphatic rings. The number of aryl methyl sites for hydroxylation is 1. The lowest BCUT2D eigenvalue weighted by molar-refractivity contribution is 0.174. The van der Waals surface area contributed by atoms with E-state index in [0.29, 0.717) is 18.1 Å². The predicted molar refractivity (Wildman–Crippen MR) is 76.1 cm³/mol. The number of aromatic nitrogens is 2. The van der Waals surface area contributed by atoms with Crippen molar-refractivity contribution in [2.75, 3.05) is 6.54 Å². The van der Waals surface area contributed by atoms with Gasteiger partial charge in [0.25, 0.3) is 0 Å². The van der Waals surface area contributed by atoms with Gasteiger partial charge in [0, 0.05) is 36.4 Å². The Morgan fingerprint density at radius 3 is 2.63 bits per heavy atom. The van der Waals surface area contributed by atoms with E-state index in [4.69, 9.17) is 11.6 Å². The minimum absolute atomic E-state index is 0.496. The summed E-state index contributed by atoms with van der Waals surface area (Å²) in [5.74, 6) is 0. The van der Waals surface area contributed by atoms with Crippen LogP contribution >= 0.6 is 11.6 Å². The Kier molecular flexibility index (Phi) is 4.58. The quantitative estimate of drug-likeness (QED) is 0.882. The highest BCUT2D eigenvalue weighted by Crippen LogP contribution is 2.16. The molecule has 0 saturated heterocycles. The van der Waals surface area contributed by atoms with Crippen LogP contribution < -0.4 is 5.32 Å². The number of hydrogen-bond acceptors (Lipinski definition) is 3. The summed E-state index contributed by atoms with van der Waals surface area (Å²) in [7, 11) is 1.92. The Hall–Kier alpha value is -1.36. The molecule has 1 atom stereocenters. The van der Waals surface area contributed by atoms with Gasteiger partial charge in [-0.2, -0.15) is 5.10 Å². The number of aliphatic hydroxyl groups is 1.